The highest BCUT2D eigenvalue weighted by Gasteiger charge is 2.31. The summed E-state index contributed by atoms with van der Waals surface area (Å²) in [5.41, 5.74) is 1.52. The molecule has 9 heteroatoms. The van der Waals surface area contributed by atoms with Gasteiger partial charge in [-0.3, -0.25) is 4.72 Å². The molecule has 4 aromatic rings. The molecule has 31 heavy (non-hydrogen) atoms. The Balaban J connectivity index is 1.60. The van der Waals surface area contributed by atoms with E-state index in [0.717, 1.165) is 28.8 Å². The predicted octanol–water partition coefficient (Wildman–Crippen LogP) is 6.30. The highest BCUT2D eigenvalue weighted by atomic mass is 32.2. The first-order chi connectivity index (χ1) is 14.7. The van der Waals surface area contributed by atoms with Crippen LogP contribution in [0.25, 0.3) is 21.8 Å². The van der Waals surface area contributed by atoms with Gasteiger partial charge in [0.1, 0.15) is 5.01 Å². The SMILES string of the molecule is O=S(=O)(Nc1cccc(-c2csc(-c3ccccc3)n2)c1)c1cccc(C(F)(F)F)c1. The number of thiazole rings is 1. The number of nitrogens with one attached hydrogen (secondary N) is 1. The van der Waals surface area contributed by atoms with Crippen LogP contribution in [0, 0.1) is 0 Å². The molecule has 0 amide bonds. The van der Waals surface area contributed by atoms with Crippen molar-refractivity contribution in [3.8, 4) is 21.8 Å². The average Bonchev–Trinajstić information content (AvgIpc) is 3.24. The minimum Gasteiger partial charge on any atom is -0.280 e. The molecule has 0 bridgehead atoms. The van der Waals surface area contributed by atoms with Gasteiger partial charge in [-0.25, -0.2) is 13.4 Å². The van der Waals surface area contributed by atoms with Crippen molar-refractivity contribution in [2.75, 3.05) is 4.72 Å². The molecule has 4 nitrogen and oxygen atoms in total. The normalized spacial score (nSPS) is 12.0. The zero-order chi connectivity index (χ0) is 22.1. The number of sulfonamides is 1. The standard InChI is InChI=1S/C22H15F3N2O2S2/c23-22(24,25)17-9-5-11-19(13-17)31(28,29)27-18-10-4-8-16(12-18)20-14-30-21(26-20)15-6-2-1-3-7-15/h1-14,27H. The third-order valence-electron chi connectivity index (χ3n) is 4.41. The number of rotatable bonds is 5. The van der Waals surface area contributed by atoms with Crippen LogP contribution in [0.2, 0.25) is 0 Å². The molecule has 0 aliphatic rings. The van der Waals surface area contributed by atoms with E-state index in [4.69, 9.17) is 0 Å². The summed E-state index contributed by atoms with van der Waals surface area (Å²) in [7, 11) is -4.20. The van der Waals surface area contributed by atoms with Crippen molar-refractivity contribution in [1.29, 1.82) is 0 Å². The first-order valence-corrected chi connectivity index (χ1v) is 11.4. The van der Waals surface area contributed by atoms with Crippen LogP contribution in [-0.2, 0) is 16.2 Å². The Labute approximate surface area is 181 Å². The van der Waals surface area contributed by atoms with Gasteiger partial charge in [0.25, 0.3) is 10.0 Å². The van der Waals surface area contributed by atoms with Crippen LogP contribution in [0.1, 0.15) is 5.56 Å². The Bertz CT molecular complexity index is 1320. The summed E-state index contributed by atoms with van der Waals surface area (Å²) in [6.07, 6.45) is -4.63. The lowest BCUT2D eigenvalue weighted by Gasteiger charge is -2.11. The van der Waals surface area contributed by atoms with E-state index < -0.39 is 26.7 Å². The average molecular weight is 461 g/mol. The van der Waals surface area contributed by atoms with Crippen molar-refractivity contribution in [2.24, 2.45) is 0 Å². The fourth-order valence-corrected chi connectivity index (χ4v) is 4.85. The van der Waals surface area contributed by atoms with Crippen LogP contribution in [0.4, 0.5) is 18.9 Å². The van der Waals surface area contributed by atoms with E-state index in [-0.39, 0.29) is 5.69 Å². The molecular weight excluding hydrogens is 445 g/mol. The number of hydrogen-bond acceptors (Lipinski definition) is 4. The van der Waals surface area contributed by atoms with Crippen molar-refractivity contribution >= 4 is 27.0 Å². The van der Waals surface area contributed by atoms with Crippen LogP contribution in [0.15, 0.2) is 89.1 Å². The van der Waals surface area contributed by atoms with Crippen molar-refractivity contribution in [2.45, 2.75) is 11.1 Å². The molecular formula is C22H15F3N2O2S2. The van der Waals surface area contributed by atoms with Crippen molar-refractivity contribution in [3.63, 3.8) is 0 Å². The highest BCUT2D eigenvalue weighted by molar-refractivity contribution is 7.92. The van der Waals surface area contributed by atoms with Gasteiger partial charge in [-0.1, -0.05) is 48.5 Å². The Morgan fingerprint density at radius 3 is 2.29 bits per heavy atom. The smallest absolute Gasteiger partial charge is 0.280 e. The summed E-state index contributed by atoms with van der Waals surface area (Å²) >= 11 is 1.46. The molecule has 158 valence electrons. The lowest BCUT2D eigenvalue weighted by molar-refractivity contribution is -0.137. The third-order valence-corrected chi connectivity index (χ3v) is 6.68. The fraction of sp³-hybridized carbons (Fsp3) is 0.0455. The van der Waals surface area contributed by atoms with Gasteiger partial charge in [0.2, 0.25) is 0 Å². The maximum atomic E-state index is 12.9. The van der Waals surface area contributed by atoms with E-state index in [1.165, 1.54) is 17.4 Å². The summed E-state index contributed by atoms with van der Waals surface area (Å²) in [6, 6.07) is 19.8. The van der Waals surface area contributed by atoms with Gasteiger partial charge in [0.05, 0.1) is 16.2 Å². The summed E-state index contributed by atoms with van der Waals surface area (Å²) < 4.78 is 66.4. The fourth-order valence-electron chi connectivity index (χ4n) is 2.92. The number of benzene rings is 3. The van der Waals surface area contributed by atoms with E-state index >= 15 is 0 Å². The van der Waals surface area contributed by atoms with Crippen LogP contribution in [0.3, 0.4) is 0 Å². The molecule has 0 atom stereocenters. The summed E-state index contributed by atoms with van der Waals surface area (Å²) in [6.45, 7) is 0. The zero-order valence-corrected chi connectivity index (χ0v) is 17.4. The molecule has 0 unspecified atom stereocenters. The number of anilines is 1. The minimum atomic E-state index is -4.63. The molecule has 1 aromatic heterocycles. The molecule has 0 aliphatic carbocycles. The van der Waals surface area contributed by atoms with Gasteiger partial charge < -0.3 is 0 Å². The molecule has 1 heterocycles. The molecule has 0 fully saturated rings. The van der Waals surface area contributed by atoms with E-state index in [0.29, 0.717) is 17.3 Å². The van der Waals surface area contributed by atoms with Crippen LogP contribution < -0.4 is 4.72 Å². The van der Waals surface area contributed by atoms with Gasteiger partial charge in [-0.05, 0) is 30.3 Å². The van der Waals surface area contributed by atoms with Crippen molar-refractivity contribution in [1.82, 2.24) is 4.98 Å². The maximum absolute atomic E-state index is 12.9. The van der Waals surface area contributed by atoms with Crippen LogP contribution >= 0.6 is 11.3 Å². The second kappa shape index (κ2) is 8.16. The molecule has 1 N–H and O–H groups in total. The lowest BCUT2D eigenvalue weighted by Crippen LogP contribution is -2.14. The molecule has 0 saturated heterocycles. The second-order valence-corrected chi connectivity index (χ2v) is 9.16. The number of alkyl halides is 3. The van der Waals surface area contributed by atoms with Gasteiger partial charge in [-0.15, -0.1) is 11.3 Å². The monoisotopic (exact) mass is 460 g/mol. The lowest BCUT2D eigenvalue weighted by atomic mass is 10.1. The largest absolute Gasteiger partial charge is 0.416 e. The number of hydrogen-bond donors (Lipinski definition) is 1. The zero-order valence-electron chi connectivity index (χ0n) is 15.8. The summed E-state index contributed by atoms with van der Waals surface area (Å²) in [5.74, 6) is 0. The Hall–Kier alpha value is -3.17. The van der Waals surface area contributed by atoms with E-state index in [1.54, 1.807) is 18.2 Å². The summed E-state index contributed by atoms with van der Waals surface area (Å²) in [5, 5.41) is 2.69. The molecule has 0 saturated carbocycles. The molecule has 0 spiro atoms. The second-order valence-electron chi connectivity index (χ2n) is 6.62. The van der Waals surface area contributed by atoms with Crippen molar-refractivity contribution in [3.05, 3.63) is 89.8 Å². The Morgan fingerprint density at radius 2 is 1.55 bits per heavy atom. The van der Waals surface area contributed by atoms with Gasteiger partial charge in [0, 0.05) is 22.2 Å². The topological polar surface area (TPSA) is 59.1 Å². The minimum absolute atomic E-state index is 0.226. The van der Waals surface area contributed by atoms with E-state index in [9.17, 15) is 21.6 Å². The van der Waals surface area contributed by atoms with Gasteiger partial charge >= 0.3 is 6.18 Å². The highest BCUT2D eigenvalue weighted by Crippen LogP contribution is 2.32. The quantitative estimate of drug-likeness (QED) is 0.380. The number of halogens is 3. The van der Waals surface area contributed by atoms with Crippen molar-refractivity contribution < 1.29 is 21.6 Å². The first kappa shape index (κ1) is 21.1. The Morgan fingerprint density at radius 1 is 0.839 bits per heavy atom. The summed E-state index contributed by atoms with van der Waals surface area (Å²) in [4.78, 5) is 4.14. The predicted molar refractivity (Wildman–Crippen MR) is 115 cm³/mol. The molecule has 0 aliphatic heterocycles. The van der Waals surface area contributed by atoms with E-state index in [1.807, 2.05) is 35.7 Å². The maximum Gasteiger partial charge on any atom is 0.416 e. The molecule has 3 aromatic carbocycles. The molecule has 0 radical (unpaired) electrons. The molecule has 4 rings (SSSR count). The van der Waals surface area contributed by atoms with E-state index in [2.05, 4.69) is 9.71 Å². The number of aromatic nitrogens is 1. The number of nitrogens with zero attached hydrogens (tertiary/aromatic N) is 1. The Kier molecular flexibility index (Phi) is 5.55. The first-order valence-electron chi connectivity index (χ1n) is 9.04. The third kappa shape index (κ3) is 4.78. The van der Waals surface area contributed by atoms with Gasteiger partial charge in [0.15, 0.2) is 0 Å². The van der Waals surface area contributed by atoms with Crippen LogP contribution in [0.5, 0.6) is 0 Å². The van der Waals surface area contributed by atoms with Gasteiger partial charge in [-0.2, -0.15) is 13.2 Å². The van der Waals surface area contributed by atoms with Crippen LogP contribution in [-0.4, -0.2) is 13.4 Å².